The number of carbonyl (C=O) groups is 2. The molecule has 2 aromatic rings. The Kier molecular flexibility index (Phi) is 9.00. The number of H-pyrrole nitrogens is 1. The molecule has 0 unspecified atom stereocenters. The summed E-state index contributed by atoms with van der Waals surface area (Å²) >= 11 is 0. The largest absolute Gasteiger partial charge is 0.493 e. The Hall–Kier alpha value is -3.43. The van der Waals surface area contributed by atoms with Crippen molar-refractivity contribution in [1.29, 1.82) is 0 Å². The van der Waals surface area contributed by atoms with Crippen molar-refractivity contribution < 1.29 is 23.8 Å². The summed E-state index contributed by atoms with van der Waals surface area (Å²) in [6.07, 6.45) is 2.39. The number of likely N-dealkylation sites (tertiary alicyclic amines) is 1. The van der Waals surface area contributed by atoms with Crippen molar-refractivity contribution in [2.24, 2.45) is 5.92 Å². The number of rotatable bonds is 10. The summed E-state index contributed by atoms with van der Waals surface area (Å²) in [6.45, 7) is 5.74. The SMILES string of the molecule is CCCOc1ccc(-c2nnc(CCC(=O)N3CCC(C(=O)OCC)CC3)c(=O)[nH]2)cc1OC. The Balaban J connectivity index is 1.58. The summed E-state index contributed by atoms with van der Waals surface area (Å²) in [5, 5.41) is 8.19. The van der Waals surface area contributed by atoms with Gasteiger partial charge in [0.1, 0.15) is 5.69 Å². The number of nitrogens with one attached hydrogen (secondary N) is 1. The van der Waals surface area contributed by atoms with E-state index in [0.29, 0.717) is 62.0 Å². The molecule has 1 amide bonds. The third kappa shape index (κ3) is 6.33. The van der Waals surface area contributed by atoms with E-state index in [4.69, 9.17) is 14.2 Å². The van der Waals surface area contributed by atoms with E-state index in [9.17, 15) is 14.4 Å². The zero-order valence-corrected chi connectivity index (χ0v) is 20.0. The first kappa shape index (κ1) is 25.2. The molecule has 1 aliphatic heterocycles. The Morgan fingerprint density at radius 2 is 1.91 bits per heavy atom. The molecule has 2 heterocycles. The van der Waals surface area contributed by atoms with Gasteiger partial charge < -0.3 is 24.1 Å². The Morgan fingerprint density at radius 1 is 1.15 bits per heavy atom. The standard InChI is InChI=1S/C24H32N4O6/c1-4-14-34-19-8-6-17(15-20(19)32-3)22-25-23(30)18(26-27-22)7-9-21(29)28-12-10-16(11-13-28)24(31)33-5-2/h6,8,15-16H,4-5,7,9-14H2,1-3H3,(H,25,27,30). The molecule has 1 N–H and O–H groups in total. The van der Waals surface area contributed by atoms with Crippen LogP contribution in [-0.4, -0.2) is 65.4 Å². The van der Waals surface area contributed by atoms with E-state index in [1.54, 1.807) is 37.1 Å². The molecule has 0 aliphatic carbocycles. The van der Waals surface area contributed by atoms with Crippen LogP contribution in [0, 0.1) is 5.92 Å². The van der Waals surface area contributed by atoms with Gasteiger partial charge in [-0.2, -0.15) is 0 Å². The minimum absolute atomic E-state index is 0.0695. The summed E-state index contributed by atoms with van der Waals surface area (Å²) in [6, 6.07) is 5.27. The van der Waals surface area contributed by atoms with Crippen LogP contribution >= 0.6 is 0 Å². The highest BCUT2D eigenvalue weighted by atomic mass is 16.5. The topological polar surface area (TPSA) is 124 Å². The van der Waals surface area contributed by atoms with Gasteiger partial charge in [0.15, 0.2) is 17.3 Å². The van der Waals surface area contributed by atoms with Gasteiger partial charge in [-0.05, 0) is 44.4 Å². The number of ether oxygens (including phenoxy) is 3. The number of methoxy groups -OCH3 is 1. The first-order chi connectivity index (χ1) is 16.5. The maximum atomic E-state index is 12.6. The highest BCUT2D eigenvalue weighted by Crippen LogP contribution is 2.31. The quantitative estimate of drug-likeness (QED) is 0.523. The third-order valence-electron chi connectivity index (χ3n) is 5.71. The van der Waals surface area contributed by atoms with Crippen LogP contribution in [0.15, 0.2) is 23.0 Å². The van der Waals surface area contributed by atoms with Crippen molar-refractivity contribution in [1.82, 2.24) is 20.1 Å². The number of aromatic nitrogens is 3. The number of hydrogen-bond donors (Lipinski definition) is 1. The molecule has 184 valence electrons. The van der Waals surface area contributed by atoms with Crippen LogP contribution < -0.4 is 15.0 Å². The molecule has 3 rings (SSSR count). The van der Waals surface area contributed by atoms with Gasteiger partial charge in [-0.3, -0.25) is 14.4 Å². The lowest BCUT2D eigenvalue weighted by atomic mass is 9.96. The Labute approximate surface area is 198 Å². The molecule has 0 radical (unpaired) electrons. The zero-order chi connectivity index (χ0) is 24.5. The van der Waals surface area contributed by atoms with E-state index in [0.717, 1.165) is 6.42 Å². The molecule has 34 heavy (non-hydrogen) atoms. The van der Waals surface area contributed by atoms with Crippen LogP contribution in [0.25, 0.3) is 11.4 Å². The van der Waals surface area contributed by atoms with Crippen LogP contribution in [-0.2, 0) is 20.7 Å². The van der Waals surface area contributed by atoms with Crippen LogP contribution in [0.1, 0.15) is 45.2 Å². The van der Waals surface area contributed by atoms with Gasteiger partial charge in [-0.15, -0.1) is 10.2 Å². The number of amides is 1. The highest BCUT2D eigenvalue weighted by molar-refractivity contribution is 5.77. The average Bonchev–Trinajstić information content (AvgIpc) is 2.86. The molecule has 0 spiro atoms. The second-order valence-electron chi connectivity index (χ2n) is 8.07. The van der Waals surface area contributed by atoms with Crippen LogP contribution in [0.5, 0.6) is 11.5 Å². The fourth-order valence-electron chi connectivity index (χ4n) is 3.81. The molecular weight excluding hydrogens is 440 g/mol. The van der Waals surface area contributed by atoms with Gasteiger partial charge in [0, 0.05) is 31.5 Å². The van der Waals surface area contributed by atoms with E-state index < -0.39 is 0 Å². The van der Waals surface area contributed by atoms with Crippen molar-refractivity contribution >= 4 is 11.9 Å². The van der Waals surface area contributed by atoms with E-state index in [-0.39, 0.29) is 41.9 Å². The normalized spacial score (nSPS) is 14.0. The van der Waals surface area contributed by atoms with Gasteiger partial charge in [-0.1, -0.05) is 6.92 Å². The molecule has 0 saturated carbocycles. The molecule has 10 nitrogen and oxygen atoms in total. The molecule has 1 saturated heterocycles. The number of aromatic amines is 1. The van der Waals surface area contributed by atoms with Crippen molar-refractivity contribution in [2.45, 2.75) is 46.0 Å². The van der Waals surface area contributed by atoms with Crippen LogP contribution in [0.3, 0.4) is 0 Å². The molecule has 1 fully saturated rings. The Morgan fingerprint density at radius 3 is 2.56 bits per heavy atom. The maximum Gasteiger partial charge on any atom is 0.309 e. The third-order valence-corrected chi connectivity index (χ3v) is 5.71. The number of carbonyl (C=O) groups excluding carboxylic acids is 2. The van der Waals surface area contributed by atoms with E-state index in [1.165, 1.54) is 0 Å². The molecule has 0 bridgehead atoms. The fourth-order valence-corrected chi connectivity index (χ4v) is 3.81. The van der Waals surface area contributed by atoms with Crippen molar-refractivity contribution in [3.8, 4) is 22.9 Å². The first-order valence-electron chi connectivity index (χ1n) is 11.7. The number of benzene rings is 1. The van der Waals surface area contributed by atoms with Gasteiger partial charge in [0.05, 0.1) is 26.2 Å². The summed E-state index contributed by atoms with van der Waals surface area (Å²) < 4.78 is 16.1. The minimum atomic E-state index is -0.385. The van der Waals surface area contributed by atoms with Gasteiger partial charge >= 0.3 is 5.97 Å². The first-order valence-corrected chi connectivity index (χ1v) is 11.7. The van der Waals surface area contributed by atoms with Crippen molar-refractivity contribution in [2.75, 3.05) is 33.4 Å². The van der Waals surface area contributed by atoms with Crippen LogP contribution in [0.2, 0.25) is 0 Å². The summed E-state index contributed by atoms with van der Waals surface area (Å²) in [4.78, 5) is 41.4. The van der Waals surface area contributed by atoms with Crippen molar-refractivity contribution in [3.05, 3.63) is 34.2 Å². The van der Waals surface area contributed by atoms with E-state index in [2.05, 4.69) is 15.2 Å². The molecular formula is C24H32N4O6. The summed E-state index contributed by atoms with van der Waals surface area (Å²) in [5.41, 5.74) is 0.454. The summed E-state index contributed by atoms with van der Waals surface area (Å²) in [7, 11) is 1.55. The second-order valence-corrected chi connectivity index (χ2v) is 8.07. The van der Waals surface area contributed by atoms with Gasteiger partial charge in [0.25, 0.3) is 5.56 Å². The smallest absolute Gasteiger partial charge is 0.309 e. The monoisotopic (exact) mass is 472 g/mol. The predicted molar refractivity (Wildman–Crippen MR) is 125 cm³/mol. The second kappa shape index (κ2) is 12.2. The fraction of sp³-hybridized carbons (Fsp3) is 0.542. The van der Waals surface area contributed by atoms with Crippen molar-refractivity contribution in [3.63, 3.8) is 0 Å². The molecule has 10 heteroatoms. The lowest BCUT2D eigenvalue weighted by Crippen LogP contribution is -2.40. The number of aryl methyl sites for hydroxylation is 1. The molecule has 0 atom stereocenters. The predicted octanol–water partition coefficient (Wildman–Crippen LogP) is 2.36. The number of piperidine rings is 1. The maximum absolute atomic E-state index is 12.6. The lowest BCUT2D eigenvalue weighted by Gasteiger charge is -2.30. The summed E-state index contributed by atoms with van der Waals surface area (Å²) in [5.74, 6) is 1.04. The molecule has 1 aliphatic rings. The van der Waals surface area contributed by atoms with E-state index >= 15 is 0 Å². The molecule has 1 aromatic carbocycles. The minimum Gasteiger partial charge on any atom is -0.493 e. The van der Waals surface area contributed by atoms with Gasteiger partial charge in [0.2, 0.25) is 5.91 Å². The highest BCUT2D eigenvalue weighted by Gasteiger charge is 2.28. The number of hydrogen-bond acceptors (Lipinski definition) is 8. The van der Waals surface area contributed by atoms with Crippen LogP contribution in [0.4, 0.5) is 0 Å². The zero-order valence-electron chi connectivity index (χ0n) is 20.0. The molecule has 1 aromatic heterocycles. The average molecular weight is 473 g/mol. The number of nitrogens with zero attached hydrogens (tertiary/aromatic N) is 3. The number of esters is 1. The Bertz CT molecular complexity index is 1050. The van der Waals surface area contributed by atoms with Gasteiger partial charge in [-0.25, -0.2) is 0 Å². The van der Waals surface area contributed by atoms with E-state index in [1.807, 2.05) is 6.92 Å². The lowest BCUT2D eigenvalue weighted by molar-refractivity contribution is -0.151.